The Kier molecular flexibility index (Phi) is 4.48. The minimum Gasteiger partial charge on any atom is -0.327 e. The number of hydrogen-bond donors (Lipinski definition) is 1. The average Bonchev–Trinajstić information content (AvgIpc) is 3.00. The second kappa shape index (κ2) is 6.51. The van der Waals surface area contributed by atoms with Crippen molar-refractivity contribution >= 4 is 34.2 Å². The summed E-state index contributed by atoms with van der Waals surface area (Å²) in [6.07, 6.45) is 3.36. The van der Waals surface area contributed by atoms with E-state index in [2.05, 4.69) is 28.4 Å². The van der Waals surface area contributed by atoms with Gasteiger partial charge in [-0.1, -0.05) is 25.1 Å². The van der Waals surface area contributed by atoms with Gasteiger partial charge in [0.05, 0.1) is 5.52 Å². The molecule has 0 aliphatic heterocycles. The minimum absolute atomic E-state index is 0.154. The lowest BCUT2D eigenvalue weighted by Gasteiger charge is -2.13. The lowest BCUT2D eigenvalue weighted by Crippen LogP contribution is -2.21. The summed E-state index contributed by atoms with van der Waals surface area (Å²) in [6, 6.07) is 10.5. The van der Waals surface area contributed by atoms with E-state index in [1.807, 2.05) is 18.2 Å². The van der Waals surface area contributed by atoms with Gasteiger partial charge in [0.2, 0.25) is 0 Å². The Morgan fingerprint density at radius 2 is 2.19 bits per heavy atom. The van der Waals surface area contributed by atoms with Crippen LogP contribution in [-0.2, 0) is 6.42 Å². The van der Waals surface area contributed by atoms with Crippen LogP contribution in [0.5, 0.6) is 0 Å². The molecule has 0 amide bonds. The lowest BCUT2D eigenvalue weighted by atomic mass is 10.0. The maximum absolute atomic E-state index is 6.13. The molecule has 0 saturated heterocycles. The van der Waals surface area contributed by atoms with E-state index >= 15 is 0 Å². The van der Waals surface area contributed by atoms with Crippen LogP contribution in [0.2, 0.25) is 0 Å². The van der Waals surface area contributed by atoms with Crippen molar-refractivity contribution in [3.8, 4) is 0 Å². The van der Waals surface area contributed by atoms with Gasteiger partial charge in [-0.2, -0.15) is 4.37 Å². The number of para-hydroxylation sites is 1. The van der Waals surface area contributed by atoms with Gasteiger partial charge < -0.3 is 5.73 Å². The Labute approximate surface area is 132 Å². The van der Waals surface area contributed by atoms with Gasteiger partial charge in [0.15, 0.2) is 4.34 Å². The molecule has 21 heavy (non-hydrogen) atoms. The minimum atomic E-state index is 0.154. The molecular weight excluding hydrogens is 300 g/mol. The molecule has 2 N–H and O–H groups in total. The molecule has 0 bridgehead atoms. The largest absolute Gasteiger partial charge is 0.327 e. The number of benzene rings is 1. The van der Waals surface area contributed by atoms with E-state index in [-0.39, 0.29) is 6.04 Å². The average molecular weight is 316 g/mol. The fraction of sp³-hybridized carbons (Fsp3) is 0.267. The van der Waals surface area contributed by atoms with E-state index in [4.69, 9.17) is 10.7 Å². The zero-order valence-electron chi connectivity index (χ0n) is 11.7. The molecule has 1 unspecified atom stereocenters. The molecule has 0 fully saturated rings. The van der Waals surface area contributed by atoms with Crippen LogP contribution in [0.3, 0.4) is 0 Å². The number of nitrogens with two attached hydrogens (primary N) is 1. The van der Waals surface area contributed by atoms with Gasteiger partial charge >= 0.3 is 0 Å². The van der Waals surface area contributed by atoms with Gasteiger partial charge in [-0.25, -0.2) is 9.97 Å². The number of nitrogens with zero attached hydrogens (tertiary/aromatic N) is 3. The van der Waals surface area contributed by atoms with Crippen LogP contribution >= 0.6 is 23.3 Å². The van der Waals surface area contributed by atoms with Crippen LogP contribution in [0, 0.1) is 0 Å². The molecule has 3 aromatic rings. The summed E-state index contributed by atoms with van der Waals surface area (Å²) in [5.74, 6) is 0. The highest BCUT2D eigenvalue weighted by Crippen LogP contribution is 2.32. The fourth-order valence-electron chi connectivity index (χ4n) is 2.09. The molecule has 2 heterocycles. The van der Waals surface area contributed by atoms with Crippen molar-refractivity contribution in [3.63, 3.8) is 0 Å². The van der Waals surface area contributed by atoms with E-state index < -0.39 is 0 Å². The number of hydrogen-bond acceptors (Lipinski definition) is 6. The third-order valence-corrected chi connectivity index (χ3v) is 5.06. The summed E-state index contributed by atoms with van der Waals surface area (Å²) < 4.78 is 4.95. The van der Waals surface area contributed by atoms with Crippen molar-refractivity contribution < 1.29 is 0 Å². The molecule has 0 radical (unpaired) electrons. The first-order chi connectivity index (χ1) is 10.3. The van der Waals surface area contributed by atoms with Gasteiger partial charge in [-0.15, -0.1) is 0 Å². The first kappa shape index (κ1) is 14.4. The monoisotopic (exact) mass is 316 g/mol. The normalized spacial score (nSPS) is 12.7. The summed E-state index contributed by atoms with van der Waals surface area (Å²) in [5.41, 5.74) is 8.31. The van der Waals surface area contributed by atoms with Crippen molar-refractivity contribution in [1.82, 2.24) is 14.3 Å². The van der Waals surface area contributed by atoms with Crippen LogP contribution in [-0.4, -0.2) is 20.4 Å². The van der Waals surface area contributed by atoms with Gasteiger partial charge in [0, 0.05) is 11.4 Å². The van der Waals surface area contributed by atoms with Gasteiger partial charge in [0.1, 0.15) is 11.4 Å². The van der Waals surface area contributed by atoms with E-state index in [9.17, 15) is 0 Å². The molecule has 0 aliphatic carbocycles. The Balaban J connectivity index is 2.03. The summed E-state index contributed by atoms with van der Waals surface area (Å²) in [6.45, 7) is 2.11. The quantitative estimate of drug-likeness (QED) is 0.780. The zero-order valence-corrected chi connectivity index (χ0v) is 13.3. The molecule has 1 atom stereocenters. The highest BCUT2D eigenvalue weighted by molar-refractivity contribution is 8.00. The summed E-state index contributed by atoms with van der Waals surface area (Å²) in [4.78, 5) is 9.01. The van der Waals surface area contributed by atoms with Crippen molar-refractivity contribution in [2.45, 2.75) is 35.2 Å². The first-order valence-electron chi connectivity index (χ1n) is 6.85. The Morgan fingerprint density at radius 1 is 1.33 bits per heavy atom. The lowest BCUT2D eigenvalue weighted by molar-refractivity contribution is 0.638. The molecule has 0 spiro atoms. The predicted octanol–water partition coefficient (Wildman–Crippen LogP) is 3.52. The van der Waals surface area contributed by atoms with Gasteiger partial charge in [-0.05, 0) is 53.8 Å². The summed E-state index contributed by atoms with van der Waals surface area (Å²) in [7, 11) is 0. The van der Waals surface area contributed by atoms with Crippen molar-refractivity contribution in [2.75, 3.05) is 0 Å². The van der Waals surface area contributed by atoms with E-state index in [0.717, 1.165) is 33.1 Å². The molecular formula is C15H16N4S2. The molecule has 3 rings (SSSR count). The second-order valence-corrected chi connectivity index (χ2v) is 6.84. The Morgan fingerprint density at radius 3 is 2.95 bits per heavy atom. The Bertz CT molecular complexity index is 728. The first-order valence-corrected chi connectivity index (χ1v) is 8.44. The number of rotatable bonds is 5. The third-order valence-electron chi connectivity index (χ3n) is 3.29. The van der Waals surface area contributed by atoms with Gasteiger partial charge in [0.25, 0.3) is 0 Å². The molecule has 1 aromatic carbocycles. The van der Waals surface area contributed by atoms with Crippen LogP contribution in [0.25, 0.3) is 10.9 Å². The summed E-state index contributed by atoms with van der Waals surface area (Å²) in [5, 5.41) is 2.13. The van der Waals surface area contributed by atoms with E-state index in [1.54, 1.807) is 18.1 Å². The van der Waals surface area contributed by atoms with Gasteiger partial charge in [-0.3, -0.25) is 0 Å². The third kappa shape index (κ3) is 3.40. The second-order valence-electron chi connectivity index (χ2n) is 4.83. The smallest absolute Gasteiger partial charge is 0.176 e. The number of aromatic nitrogens is 3. The standard InChI is InChI=1S/C15H16N4S2/c1-2-12(16)8-11-7-10-5-3-4-6-13(10)19-14(11)20-15-17-9-18-21-15/h3-7,9,12H,2,8,16H2,1H3. The van der Waals surface area contributed by atoms with Crippen LogP contribution in [0.15, 0.2) is 46.0 Å². The van der Waals surface area contributed by atoms with Crippen molar-refractivity contribution in [3.05, 3.63) is 42.2 Å². The maximum Gasteiger partial charge on any atom is 0.176 e. The Hall–Kier alpha value is -1.50. The van der Waals surface area contributed by atoms with Crippen LogP contribution < -0.4 is 5.73 Å². The molecule has 6 heteroatoms. The fourth-order valence-corrected chi connectivity index (χ4v) is 3.57. The SMILES string of the molecule is CCC(N)Cc1cc2ccccc2nc1Sc1ncns1. The van der Waals surface area contributed by atoms with Crippen LogP contribution in [0.4, 0.5) is 0 Å². The molecule has 0 saturated carbocycles. The zero-order chi connectivity index (χ0) is 14.7. The van der Waals surface area contributed by atoms with E-state index in [0.29, 0.717) is 0 Å². The molecule has 108 valence electrons. The van der Waals surface area contributed by atoms with Crippen molar-refractivity contribution in [2.24, 2.45) is 5.73 Å². The highest BCUT2D eigenvalue weighted by atomic mass is 32.2. The van der Waals surface area contributed by atoms with Crippen LogP contribution in [0.1, 0.15) is 18.9 Å². The molecule has 2 aromatic heterocycles. The highest BCUT2D eigenvalue weighted by Gasteiger charge is 2.13. The maximum atomic E-state index is 6.13. The predicted molar refractivity (Wildman–Crippen MR) is 87.7 cm³/mol. The van der Waals surface area contributed by atoms with Crippen molar-refractivity contribution in [1.29, 1.82) is 0 Å². The van der Waals surface area contributed by atoms with E-state index in [1.165, 1.54) is 17.1 Å². The number of fused-ring (bicyclic) bond motifs is 1. The summed E-state index contributed by atoms with van der Waals surface area (Å²) >= 11 is 2.95. The number of pyridine rings is 1. The molecule has 4 nitrogen and oxygen atoms in total. The topological polar surface area (TPSA) is 64.7 Å². The molecule has 0 aliphatic rings.